The molecule has 26 heavy (non-hydrogen) atoms. The fourth-order valence-corrected chi connectivity index (χ4v) is 3.74. The molecule has 2 heterocycles. The molecular weight excluding hydrogens is 357 g/mol. The summed E-state index contributed by atoms with van der Waals surface area (Å²) in [6.07, 6.45) is 1.64. The molecular formula is C19H27ClFN3O2. The van der Waals surface area contributed by atoms with Crippen LogP contribution < -0.4 is 5.32 Å². The second-order valence-electron chi connectivity index (χ2n) is 7.11. The van der Waals surface area contributed by atoms with Crippen LogP contribution in [0.1, 0.15) is 37.0 Å². The van der Waals surface area contributed by atoms with Gasteiger partial charge in [-0.25, -0.2) is 4.39 Å². The Balaban J connectivity index is 0.00000243. The minimum absolute atomic E-state index is 0. The Morgan fingerprint density at radius 1 is 1.15 bits per heavy atom. The Kier molecular flexibility index (Phi) is 7.01. The average Bonchev–Trinajstić information content (AvgIpc) is 2.63. The Hall–Kier alpha value is -1.66. The molecule has 2 amide bonds. The summed E-state index contributed by atoms with van der Waals surface area (Å²) in [5, 5.41) is 3.38. The SMILES string of the molecule is CC1NCCN(C(=O)C2CCCN(C(=O)c3ccc(F)cc3)C2)C1C.Cl. The molecule has 2 aliphatic heterocycles. The number of nitrogens with one attached hydrogen (secondary N) is 1. The first-order valence-electron chi connectivity index (χ1n) is 9.06. The molecule has 2 fully saturated rings. The van der Waals surface area contributed by atoms with E-state index in [1.165, 1.54) is 24.3 Å². The van der Waals surface area contributed by atoms with Crippen molar-refractivity contribution in [3.05, 3.63) is 35.6 Å². The number of piperazine rings is 1. The van der Waals surface area contributed by atoms with Crippen molar-refractivity contribution in [3.8, 4) is 0 Å². The normalized spacial score (nSPS) is 26.2. The minimum Gasteiger partial charge on any atom is -0.338 e. The molecule has 2 saturated heterocycles. The van der Waals surface area contributed by atoms with Gasteiger partial charge >= 0.3 is 0 Å². The second kappa shape index (κ2) is 8.82. The van der Waals surface area contributed by atoms with Gasteiger partial charge in [-0.15, -0.1) is 12.4 Å². The summed E-state index contributed by atoms with van der Waals surface area (Å²) in [7, 11) is 0. The zero-order valence-electron chi connectivity index (χ0n) is 15.3. The van der Waals surface area contributed by atoms with Crippen LogP contribution in [0.5, 0.6) is 0 Å². The van der Waals surface area contributed by atoms with Crippen molar-refractivity contribution in [2.75, 3.05) is 26.2 Å². The van der Waals surface area contributed by atoms with E-state index in [0.29, 0.717) is 25.2 Å². The average molecular weight is 384 g/mol. The third kappa shape index (κ3) is 4.35. The number of halogens is 2. The number of hydrogen-bond donors (Lipinski definition) is 1. The highest BCUT2D eigenvalue weighted by Gasteiger charge is 2.35. The highest BCUT2D eigenvalue weighted by molar-refractivity contribution is 5.94. The minimum atomic E-state index is -0.356. The molecule has 7 heteroatoms. The van der Waals surface area contributed by atoms with Gasteiger partial charge in [0.05, 0.1) is 5.92 Å². The molecule has 3 rings (SSSR count). The lowest BCUT2D eigenvalue weighted by atomic mass is 9.94. The third-order valence-corrected chi connectivity index (χ3v) is 5.47. The van der Waals surface area contributed by atoms with Gasteiger partial charge < -0.3 is 15.1 Å². The van der Waals surface area contributed by atoms with Crippen LogP contribution in [0.3, 0.4) is 0 Å². The van der Waals surface area contributed by atoms with Crippen LogP contribution in [0.25, 0.3) is 0 Å². The van der Waals surface area contributed by atoms with Gasteiger partial charge in [-0.2, -0.15) is 0 Å². The molecule has 1 aromatic rings. The van der Waals surface area contributed by atoms with E-state index in [4.69, 9.17) is 0 Å². The second-order valence-corrected chi connectivity index (χ2v) is 7.11. The van der Waals surface area contributed by atoms with Crippen LogP contribution >= 0.6 is 12.4 Å². The number of amides is 2. The smallest absolute Gasteiger partial charge is 0.253 e. The van der Waals surface area contributed by atoms with Crippen LogP contribution in [-0.4, -0.2) is 59.9 Å². The molecule has 0 aliphatic carbocycles. The first-order chi connectivity index (χ1) is 12.0. The van der Waals surface area contributed by atoms with Crippen LogP contribution in [-0.2, 0) is 4.79 Å². The number of piperidine rings is 1. The summed E-state index contributed by atoms with van der Waals surface area (Å²) in [6.45, 7) is 6.77. The number of nitrogens with zero attached hydrogens (tertiary/aromatic N) is 2. The van der Waals surface area contributed by atoms with Gasteiger partial charge in [0, 0.05) is 43.8 Å². The predicted octanol–water partition coefficient (Wildman–Crippen LogP) is 2.31. The van der Waals surface area contributed by atoms with E-state index in [9.17, 15) is 14.0 Å². The van der Waals surface area contributed by atoms with E-state index >= 15 is 0 Å². The summed E-state index contributed by atoms with van der Waals surface area (Å²) < 4.78 is 13.1. The fraction of sp³-hybridized carbons (Fsp3) is 0.579. The summed E-state index contributed by atoms with van der Waals surface area (Å²) in [5.74, 6) is -0.479. The van der Waals surface area contributed by atoms with Gasteiger partial charge in [0.1, 0.15) is 5.82 Å². The van der Waals surface area contributed by atoms with E-state index < -0.39 is 0 Å². The molecule has 0 aromatic heterocycles. The summed E-state index contributed by atoms with van der Waals surface area (Å²) in [6, 6.07) is 6.03. The third-order valence-electron chi connectivity index (χ3n) is 5.47. The maximum atomic E-state index is 13.1. The monoisotopic (exact) mass is 383 g/mol. The standard InChI is InChI=1S/C19H26FN3O2.ClH/c1-13-14(2)23(11-9-21-13)19(25)16-4-3-10-22(12-16)18(24)15-5-7-17(20)8-6-15;/h5-8,13-14,16,21H,3-4,9-12H2,1-2H3;1H. The van der Waals surface area contributed by atoms with Crippen molar-refractivity contribution in [2.45, 2.75) is 38.8 Å². The number of likely N-dealkylation sites (tertiary alicyclic amines) is 1. The lowest BCUT2D eigenvalue weighted by molar-refractivity contribution is -0.140. The molecule has 0 spiro atoms. The first-order valence-corrected chi connectivity index (χ1v) is 9.06. The molecule has 1 aromatic carbocycles. The van der Waals surface area contributed by atoms with E-state index in [1.54, 1.807) is 4.90 Å². The van der Waals surface area contributed by atoms with E-state index in [-0.39, 0.29) is 48.0 Å². The maximum Gasteiger partial charge on any atom is 0.253 e. The summed E-state index contributed by atoms with van der Waals surface area (Å²) in [4.78, 5) is 29.3. The Morgan fingerprint density at radius 3 is 2.54 bits per heavy atom. The number of benzene rings is 1. The molecule has 3 atom stereocenters. The van der Waals surface area contributed by atoms with E-state index in [2.05, 4.69) is 19.2 Å². The fourth-order valence-electron chi connectivity index (χ4n) is 3.74. The van der Waals surface area contributed by atoms with Gasteiger partial charge in [-0.05, 0) is 51.0 Å². The Bertz CT molecular complexity index is 640. The topological polar surface area (TPSA) is 52.7 Å². The van der Waals surface area contributed by atoms with Crippen LogP contribution in [0.15, 0.2) is 24.3 Å². The molecule has 0 bridgehead atoms. The van der Waals surface area contributed by atoms with Gasteiger partial charge in [0.15, 0.2) is 0 Å². The lowest BCUT2D eigenvalue weighted by Gasteiger charge is -2.42. The molecule has 3 unspecified atom stereocenters. The zero-order chi connectivity index (χ0) is 18.0. The Labute approximate surface area is 160 Å². The first kappa shape index (κ1) is 20.6. The van der Waals surface area contributed by atoms with Crippen molar-refractivity contribution >= 4 is 24.2 Å². The van der Waals surface area contributed by atoms with Crippen molar-refractivity contribution in [1.82, 2.24) is 15.1 Å². The lowest BCUT2D eigenvalue weighted by Crippen LogP contribution is -2.59. The molecule has 144 valence electrons. The number of carbonyl (C=O) groups is 2. The van der Waals surface area contributed by atoms with Crippen LogP contribution in [0, 0.1) is 11.7 Å². The molecule has 5 nitrogen and oxygen atoms in total. The van der Waals surface area contributed by atoms with Crippen molar-refractivity contribution in [3.63, 3.8) is 0 Å². The van der Waals surface area contributed by atoms with Crippen LogP contribution in [0.4, 0.5) is 4.39 Å². The molecule has 2 aliphatic rings. The molecule has 0 radical (unpaired) electrons. The molecule has 0 saturated carbocycles. The zero-order valence-corrected chi connectivity index (χ0v) is 16.1. The van der Waals surface area contributed by atoms with Crippen molar-refractivity contribution in [2.24, 2.45) is 5.92 Å². The maximum absolute atomic E-state index is 13.1. The summed E-state index contributed by atoms with van der Waals surface area (Å²) >= 11 is 0. The number of hydrogen-bond acceptors (Lipinski definition) is 3. The highest BCUT2D eigenvalue weighted by Crippen LogP contribution is 2.23. The van der Waals surface area contributed by atoms with Crippen LogP contribution in [0.2, 0.25) is 0 Å². The van der Waals surface area contributed by atoms with Gasteiger partial charge in [0.25, 0.3) is 5.91 Å². The van der Waals surface area contributed by atoms with E-state index in [1.807, 2.05) is 4.90 Å². The summed E-state index contributed by atoms with van der Waals surface area (Å²) in [5.41, 5.74) is 0.471. The number of rotatable bonds is 2. The van der Waals surface area contributed by atoms with Crippen molar-refractivity contribution < 1.29 is 14.0 Å². The van der Waals surface area contributed by atoms with Gasteiger partial charge in [-0.3, -0.25) is 9.59 Å². The van der Waals surface area contributed by atoms with Gasteiger partial charge in [-0.1, -0.05) is 0 Å². The number of carbonyl (C=O) groups excluding carboxylic acids is 2. The van der Waals surface area contributed by atoms with Crippen molar-refractivity contribution in [1.29, 1.82) is 0 Å². The van der Waals surface area contributed by atoms with E-state index in [0.717, 1.165) is 19.4 Å². The van der Waals surface area contributed by atoms with Gasteiger partial charge in [0.2, 0.25) is 5.91 Å². The highest BCUT2D eigenvalue weighted by atomic mass is 35.5. The largest absolute Gasteiger partial charge is 0.338 e. The Morgan fingerprint density at radius 2 is 1.85 bits per heavy atom. The quantitative estimate of drug-likeness (QED) is 0.852. The predicted molar refractivity (Wildman–Crippen MR) is 101 cm³/mol. The molecule has 1 N–H and O–H groups in total.